The normalized spacial score (nSPS) is 17.0. The fourth-order valence-electron chi connectivity index (χ4n) is 2.56. The summed E-state index contributed by atoms with van der Waals surface area (Å²) in [5, 5.41) is 11.9. The number of hydrogen-bond donors (Lipinski definition) is 2. The molecule has 1 aromatic rings. The van der Waals surface area contributed by atoms with Crippen LogP contribution in [0, 0.1) is 5.82 Å². The molecule has 114 valence electrons. The molecular weight excluding hydrogens is 277 g/mol. The van der Waals surface area contributed by atoms with Gasteiger partial charge in [-0.25, -0.2) is 9.18 Å². The molecular formula is C15H18FNO4. The molecule has 0 radical (unpaired) electrons. The molecule has 1 aromatic carbocycles. The Hall–Kier alpha value is -2.11. The van der Waals surface area contributed by atoms with Crippen LogP contribution in [0.5, 0.6) is 5.75 Å². The summed E-state index contributed by atoms with van der Waals surface area (Å²) in [4.78, 5) is 23.3. The number of benzene rings is 1. The second kappa shape index (κ2) is 6.56. The van der Waals surface area contributed by atoms with E-state index in [-0.39, 0.29) is 5.75 Å². The summed E-state index contributed by atoms with van der Waals surface area (Å²) in [6.07, 6.45) is 3.32. The molecule has 0 saturated heterocycles. The van der Waals surface area contributed by atoms with E-state index in [9.17, 15) is 19.1 Å². The van der Waals surface area contributed by atoms with Crippen LogP contribution < -0.4 is 10.1 Å². The van der Waals surface area contributed by atoms with Crippen LogP contribution in [0.1, 0.15) is 32.1 Å². The highest BCUT2D eigenvalue weighted by Crippen LogP contribution is 2.28. The summed E-state index contributed by atoms with van der Waals surface area (Å²) in [7, 11) is 0. The fraction of sp³-hybridized carbons (Fsp3) is 0.467. The summed E-state index contributed by atoms with van der Waals surface area (Å²) >= 11 is 0. The number of rotatable bonds is 5. The van der Waals surface area contributed by atoms with Gasteiger partial charge in [0.25, 0.3) is 5.91 Å². The van der Waals surface area contributed by atoms with Crippen molar-refractivity contribution in [2.45, 2.75) is 37.6 Å². The lowest BCUT2D eigenvalue weighted by atomic mass is 9.81. The maximum Gasteiger partial charge on any atom is 0.329 e. The standard InChI is InChI=1S/C15H18FNO4/c16-11-6-2-3-7-12(11)21-10-13(18)17-15(14(19)20)8-4-1-5-9-15/h2-3,6-7H,1,4-5,8-10H2,(H,17,18)(H,19,20). The third-order valence-electron chi connectivity index (χ3n) is 3.69. The minimum Gasteiger partial charge on any atom is -0.481 e. The predicted octanol–water partition coefficient (Wildman–Crippen LogP) is 2.11. The van der Waals surface area contributed by atoms with Crippen molar-refractivity contribution in [3.63, 3.8) is 0 Å². The third kappa shape index (κ3) is 3.71. The molecule has 0 heterocycles. The van der Waals surface area contributed by atoms with E-state index in [0.29, 0.717) is 12.8 Å². The lowest BCUT2D eigenvalue weighted by Crippen LogP contribution is -2.56. The number of carbonyl (C=O) groups is 2. The van der Waals surface area contributed by atoms with E-state index in [4.69, 9.17) is 4.74 Å². The number of carbonyl (C=O) groups excluding carboxylic acids is 1. The number of aliphatic carboxylic acids is 1. The van der Waals surface area contributed by atoms with Crippen molar-refractivity contribution >= 4 is 11.9 Å². The van der Waals surface area contributed by atoms with Crippen LogP contribution in [0.3, 0.4) is 0 Å². The van der Waals surface area contributed by atoms with Gasteiger partial charge in [-0.15, -0.1) is 0 Å². The van der Waals surface area contributed by atoms with Gasteiger partial charge >= 0.3 is 5.97 Å². The van der Waals surface area contributed by atoms with Crippen LogP contribution in [0.4, 0.5) is 4.39 Å². The molecule has 0 aromatic heterocycles. The van der Waals surface area contributed by atoms with E-state index >= 15 is 0 Å². The van der Waals surface area contributed by atoms with Gasteiger partial charge in [0.05, 0.1) is 0 Å². The van der Waals surface area contributed by atoms with E-state index in [1.165, 1.54) is 18.2 Å². The van der Waals surface area contributed by atoms with Gasteiger partial charge in [-0.05, 0) is 25.0 Å². The topological polar surface area (TPSA) is 75.6 Å². The lowest BCUT2D eigenvalue weighted by Gasteiger charge is -2.33. The first-order valence-corrected chi connectivity index (χ1v) is 6.95. The number of halogens is 1. The predicted molar refractivity (Wildman–Crippen MR) is 73.5 cm³/mol. The summed E-state index contributed by atoms with van der Waals surface area (Å²) < 4.78 is 18.4. The maximum absolute atomic E-state index is 13.4. The first kappa shape index (κ1) is 15.3. The Morgan fingerprint density at radius 1 is 1.24 bits per heavy atom. The fourth-order valence-corrected chi connectivity index (χ4v) is 2.56. The van der Waals surface area contributed by atoms with Gasteiger partial charge in [-0.1, -0.05) is 31.4 Å². The highest BCUT2D eigenvalue weighted by Gasteiger charge is 2.40. The van der Waals surface area contributed by atoms with Gasteiger partial charge in [0.1, 0.15) is 5.54 Å². The van der Waals surface area contributed by atoms with Gasteiger partial charge < -0.3 is 15.2 Å². The summed E-state index contributed by atoms with van der Waals surface area (Å²) in [5.74, 6) is -2.17. The summed E-state index contributed by atoms with van der Waals surface area (Å²) in [5.41, 5.74) is -1.21. The SMILES string of the molecule is O=C(COc1ccccc1F)NC1(C(=O)O)CCCCC1. The molecule has 0 bridgehead atoms. The van der Waals surface area contributed by atoms with Crippen LogP contribution in [0.25, 0.3) is 0 Å². The van der Waals surface area contributed by atoms with E-state index in [0.717, 1.165) is 19.3 Å². The monoisotopic (exact) mass is 295 g/mol. The van der Waals surface area contributed by atoms with Gasteiger partial charge in [-0.3, -0.25) is 4.79 Å². The van der Waals surface area contributed by atoms with E-state index in [1.54, 1.807) is 6.07 Å². The molecule has 0 aliphatic heterocycles. The molecule has 0 unspecified atom stereocenters. The number of nitrogens with one attached hydrogen (secondary N) is 1. The van der Waals surface area contributed by atoms with Gasteiger partial charge in [0, 0.05) is 0 Å². The number of amides is 1. The quantitative estimate of drug-likeness (QED) is 0.872. The first-order chi connectivity index (χ1) is 10.0. The minimum atomic E-state index is -1.21. The molecule has 0 atom stereocenters. The third-order valence-corrected chi connectivity index (χ3v) is 3.69. The zero-order valence-corrected chi connectivity index (χ0v) is 11.6. The number of hydrogen-bond acceptors (Lipinski definition) is 3. The van der Waals surface area contributed by atoms with Crippen molar-refractivity contribution in [2.75, 3.05) is 6.61 Å². The van der Waals surface area contributed by atoms with Gasteiger partial charge in [-0.2, -0.15) is 0 Å². The highest BCUT2D eigenvalue weighted by molar-refractivity contribution is 5.87. The van der Waals surface area contributed by atoms with Crippen LogP contribution in [-0.4, -0.2) is 29.1 Å². The Labute approximate surface area is 122 Å². The smallest absolute Gasteiger partial charge is 0.329 e. The highest BCUT2D eigenvalue weighted by atomic mass is 19.1. The molecule has 1 aliphatic carbocycles. The van der Waals surface area contributed by atoms with Crippen LogP contribution >= 0.6 is 0 Å². The van der Waals surface area contributed by atoms with Gasteiger partial charge in [0.2, 0.25) is 0 Å². The van der Waals surface area contributed by atoms with Crippen molar-refractivity contribution < 1.29 is 23.8 Å². The first-order valence-electron chi connectivity index (χ1n) is 6.95. The molecule has 0 spiro atoms. The van der Waals surface area contributed by atoms with E-state index in [1.807, 2.05) is 0 Å². The van der Waals surface area contributed by atoms with Crippen molar-refractivity contribution in [1.82, 2.24) is 5.32 Å². The number of ether oxygens (including phenoxy) is 1. The zero-order valence-electron chi connectivity index (χ0n) is 11.6. The Kier molecular flexibility index (Phi) is 4.77. The molecule has 1 fully saturated rings. The van der Waals surface area contributed by atoms with Crippen molar-refractivity contribution in [3.05, 3.63) is 30.1 Å². The second-order valence-electron chi connectivity index (χ2n) is 5.22. The van der Waals surface area contributed by atoms with Crippen LogP contribution in [0.2, 0.25) is 0 Å². The van der Waals surface area contributed by atoms with Crippen LogP contribution in [-0.2, 0) is 9.59 Å². The van der Waals surface area contributed by atoms with Crippen molar-refractivity contribution in [2.24, 2.45) is 0 Å². The number of carboxylic acid groups (broad SMARTS) is 1. The Bertz CT molecular complexity index is 526. The van der Waals surface area contributed by atoms with Crippen LogP contribution in [0.15, 0.2) is 24.3 Å². The zero-order chi connectivity index (χ0) is 15.3. The molecule has 5 nitrogen and oxygen atoms in total. The number of carboxylic acids is 1. The molecule has 1 saturated carbocycles. The molecule has 21 heavy (non-hydrogen) atoms. The molecule has 6 heteroatoms. The second-order valence-corrected chi connectivity index (χ2v) is 5.22. The Morgan fingerprint density at radius 2 is 1.90 bits per heavy atom. The average Bonchev–Trinajstić information content (AvgIpc) is 2.47. The molecule has 2 N–H and O–H groups in total. The molecule has 1 amide bonds. The number of para-hydroxylation sites is 1. The largest absolute Gasteiger partial charge is 0.481 e. The molecule has 2 rings (SSSR count). The Balaban J connectivity index is 1.94. The maximum atomic E-state index is 13.4. The van der Waals surface area contributed by atoms with Crippen molar-refractivity contribution in [3.8, 4) is 5.75 Å². The van der Waals surface area contributed by atoms with E-state index in [2.05, 4.69) is 5.32 Å². The average molecular weight is 295 g/mol. The Morgan fingerprint density at radius 3 is 2.52 bits per heavy atom. The minimum absolute atomic E-state index is 0.0272. The summed E-state index contributed by atoms with van der Waals surface area (Å²) in [6, 6.07) is 5.75. The lowest BCUT2D eigenvalue weighted by molar-refractivity contribution is -0.149. The summed E-state index contributed by atoms with van der Waals surface area (Å²) in [6.45, 7) is -0.407. The molecule has 1 aliphatic rings. The van der Waals surface area contributed by atoms with Crippen molar-refractivity contribution in [1.29, 1.82) is 0 Å². The van der Waals surface area contributed by atoms with Gasteiger partial charge in [0.15, 0.2) is 18.2 Å². The van der Waals surface area contributed by atoms with E-state index < -0.39 is 29.8 Å².